The average Bonchev–Trinajstić information content (AvgIpc) is 2.80. The van der Waals surface area contributed by atoms with Crippen LogP contribution in [0.1, 0.15) is 5.82 Å². The molecule has 0 radical (unpaired) electrons. The van der Waals surface area contributed by atoms with E-state index in [-0.39, 0.29) is 10.7 Å². The highest BCUT2D eigenvalue weighted by atomic mass is 32.1. The van der Waals surface area contributed by atoms with Crippen molar-refractivity contribution in [2.45, 2.75) is 37.6 Å². The van der Waals surface area contributed by atoms with Crippen molar-refractivity contribution in [3.05, 3.63) is 64.7 Å². The fraction of sp³-hybridized carbons (Fsp3) is 0.318. The van der Waals surface area contributed by atoms with Crippen LogP contribution in [0.4, 0.5) is 5.69 Å². The number of hydrogen-bond acceptors (Lipinski definition) is 8. The van der Waals surface area contributed by atoms with E-state index in [2.05, 4.69) is 15.6 Å². The fourth-order valence-corrected chi connectivity index (χ4v) is 4.01. The molecule has 1 aliphatic rings. The van der Waals surface area contributed by atoms with Gasteiger partial charge in [-0.1, -0.05) is 18.2 Å². The lowest BCUT2D eigenvalue weighted by Gasteiger charge is -2.40. The van der Waals surface area contributed by atoms with E-state index in [1.807, 2.05) is 30.3 Å². The number of anilines is 1. The first-order valence-corrected chi connectivity index (χ1v) is 10.7. The first-order valence-electron chi connectivity index (χ1n) is 10.3. The zero-order valence-corrected chi connectivity index (χ0v) is 18.4. The van der Waals surface area contributed by atoms with Crippen LogP contribution in [0.2, 0.25) is 0 Å². The molecule has 0 aliphatic carbocycles. The Balaban J connectivity index is 1.57. The monoisotopic (exact) mass is 472 g/mol. The largest absolute Gasteiger partial charge is 0.394 e. The summed E-state index contributed by atoms with van der Waals surface area (Å²) in [6.45, 7) is 1.22. The Morgan fingerprint density at radius 2 is 1.85 bits per heavy atom. The lowest BCUT2D eigenvalue weighted by molar-refractivity contribution is -0.232. The highest BCUT2D eigenvalue weighted by Gasteiger charge is 2.43. The second-order valence-corrected chi connectivity index (χ2v) is 8.12. The maximum absolute atomic E-state index is 13.2. The third-order valence-electron chi connectivity index (χ3n) is 5.47. The van der Waals surface area contributed by atoms with Gasteiger partial charge in [-0.05, 0) is 49.5 Å². The summed E-state index contributed by atoms with van der Waals surface area (Å²) in [4.78, 5) is 17.7. The summed E-state index contributed by atoms with van der Waals surface area (Å²) in [6.07, 6.45) is -6.70. The number of thiocarbonyl (C=S) groups is 1. The van der Waals surface area contributed by atoms with Crippen molar-refractivity contribution in [3.8, 4) is 5.69 Å². The second kappa shape index (κ2) is 9.51. The third-order valence-corrected chi connectivity index (χ3v) is 5.69. The van der Waals surface area contributed by atoms with Crippen LogP contribution in [0.3, 0.4) is 0 Å². The number of nitrogens with one attached hydrogen (secondary N) is 2. The minimum absolute atomic E-state index is 0.0436. The molecule has 2 aromatic carbocycles. The molecule has 1 saturated heterocycles. The molecular weight excluding hydrogens is 448 g/mol. The van der Waals surface area contributed by atoms with Crippen LogP contribution in [-0.2, 0) is 4.74 Å². The van der Waals surface area contributed by atoms with Crippen molar-refractivity contribution in [1.29, 1.82) is 0 Å². The summed E-state index contributed by atoms with van der Waals surface area (Å²) in [5.41, 5.74) is 1.49. The Kier molecular flexibility index (Phi) is 6.70. The fourth-order valence-electron chi connectivity index (χ4n) is 3.77. The molecule has 1 fully saturated rings. The van der Waals surface area contributed by atoms with E-state index in [1.165, 1.54) is 4.57 Å². The summed E-state index contributed by atoms with van der Waals surface area (Å²) in [7, 11) is 0. The zero-order valence-electron chi connectivity index (χ0n) is 17.6. The van der Waals surface area contributed by atoms with Gasteiger partial charge in [0.25, 0.3) is 5.56 Å². The number of benzene rings is 2. The Morgan fingerprint density at radius 1 is 1.12 bits per heavy atom. The van der Waals surface area contributed by atoms with Crippen LogP contribution in [0.5, 0.6) is 0 Å². The number of hydrogen-bond donors (Lipinski definition) is 6. The number of aliphatic hydroxyl groups excluding tert-OH is 4. The predicted molar refractivity (Wildman–Crippen MR) is 125 cm³/mol. The molecule has 0 bridgehead atoms. The van der Waals surface area contributed by atoms with E-state index in [9.17, 15) is 25.2 Å². The highest BCUT2D eigenvalue weighted by molar-refractivity contribution is 7.80. The second-order valence-electron chi connectivity index (χ2n) is 7.72. The average molecular weight is 473 g/mol. The summed E-state index contributed by atoms with van der Waals surface area (Å²) in [5, 5.41) is 45.3. The van der Waals surface area contributed by atoms with Crippen LogP contribution >= 0.6 is 12.2 Å². The Hall–Kier alpha value is -2.93. The van der Waals surface area contributed by atoms with Gasteiger partial charge in [0.1, 0.15) is 30.2 Å². The number of ether oxygens (including phenoxy) is 1. The van der Waals surface area contributed by atoms with Crippen LogP contribution in [0.25, 0.3) is 16.6 Å². The molecule has 10 nitrogen and oxygen atoms in total. The van der Waals surface area contributed by atoms with Gasteiger partial charge in [-0.25, -0.2) is 4.98 Å². The number of aryl methyl sites for hydroxylation is 1. The maximum atomic E-state index is 13.2. The zero-order chi connectivity index (χ0) is 23.7. The molecule has 1 aliphatic heterocycles. The molecule has 1 aromatic heterocycles. The van der Waals surface area contributed by atoms with Gasteiger partial charge in [0.15, 0.2) is 11.3 Å². The Bertz CT molecular complexity index is 1220. The van der Waals surface area contributed by atoms with E-state index in [0.717, 1.165) is 0 Å². The number of aliphatic hydroxyl groups is 4. The van der Waals surface area contributed by atoms with E-state index in [1.54, 1.807) is 25.1 Å². The van der Waals surface area contributed by atoms with Gasteiger partial charge in [-0.3, -0.25) is 9.36 Å². The molecule has 0 saturated carbocycles. The number of nitrogens with zero attached hydrogens (tertiary/aromatic N) is 2. The number of rotatable bonds is 4. The van der Waals surface area contributed by atoms with Crippen LogP contribution in [-0.4, -0.2) is 72.3 Å². The van der Waals surface area contributed by atoms with E-state index < -0.39 is 37.3 Å². The van der Waals surface area contributed by atoms with Crippen LogP contribution < -0.4 is 16.2 Å². The van der Waals surface area contributed by atoms with Gasteiger partial charge < -0.3 is 35.8 Å². The molecule has 33 heavy (non-hydrogen) atoms. The summed E-state index contributed by atoms with van der Waals surface area (Å²) >= 11 is 5.27. The molecule has 4 rings (SSSR count). The van der Waals surface area contributed by atoms with Gasteiger partial charge in [0.2, 0.25) is 0 Å². The Labute approximate surface area is 194 Å². The van der Waals surface area contributed by atoms with Crippen molar-refractivity contribution >= 4 is 33.9 Å². The molecule has 11 heteroatoms. The molecule has 174 valence electrons. The highest BCUT2D eigenvalue weighted by Crippen LogP contribution is 2.21. The first-order chi connectivity index (χ1) is 15.8. The van der Waals surface area contributed by atoms with Gasteiger partial charge >= 0.3 is 0 Å². The van der Waals surface area contributed by atoms with Gasteiger partial charge in [-0.2, -0.15) is 0 Å². The molecule has 2 heterocycles. The van der Waals surface area contributed by atoms with Crippen LogP contribution in [0, 0.1) is 6.92 Å². The minimum atomic E-state index is -1.53. The number of aromatic nitrogens is 2. The molecule has 0 unspecified atom stereocenters. The summed E-state index contributed by atoms with van der Waals surface area (Å²) < 4.78 is 6.92. The van der Waals surface area contributed by atoms with E-state index in [4.69, 9.17) is 17.0 Å². The molecular formula is C22H24N4O6S. The van der Waals surface area contributed by atoms with Crippen molar-refractivity contribution < 1.29 is 25.2 Å². The van der Waals surface area contributed by atoms with E-state index in [0.29, 0.717) is 28.1 Å². The maximum Gasteiger partial charge on any atom is 0.266 e. The van der Waals surface area contributed by atoms with Gasteiger partial charge in [-0.15, -0.1) is 0 Å². The molecule has 5 atom stereocenters. The van der Waals surface area contributed by atoms with Crippen molar-refractivity contribution in [1.82, 2.24) is 14.9 Å². The smallest absolute Gasteiger partial charge is 0.266 e. The summed E-state index contributed by atoms with van der Waals surface area (Å²) in [5.74, 6) is 0.555. The molecule has 0 amide bonds. The Morgan fingerprint density at radius 3 is 2.55 bits per heavy atom. The third kappa shape index (κ3) is 4.60. The minimum Gasteiger partial charge on any atom is -0.394 e. The molecule has 0 spiro atoms. The molecule has 3 aromatic rings. The quantitative estimate of drug-likeness (QED) is 0.282. The topological polar surface area (TPSA) is 149 Å². The standard InChI is InChI=1S/C22H24N4O6S/c1-11-23-15-8-7-12(9-14(15)21(31)26(11)13-5-3-2-4-6-13)24-22(33)25-20-19(30)18(29)17(28)16(10-27)32-20/h2-9,16-20,27-30H,10H2,1H3,(H2,24,25,33)/t16-,17+,18+,19-,20-/m1/s1. The normalized spacial score (nSPS) is 25.1. The van der Waals surface area contributed by atoms with Crippen molar-refractivity contribution in [2.24, 2.45) is 0 Å². The predicted octanol–water partition coefficient (Wildman–Crippen LogP) is -0.220. The van der Waals surface area contributed by atoms with Crippen molar-refractivity contribution in [2.75, 3.05) is 11.9 Å². The van der Waals surface area contributed by atoms with Crippen molar-refractivity contribution in [3.63, 3.8) is 0 Å². The van der Waals surface area contributed by atoms with Gasteiger partial charge in [0.05, 0.1) is 23.2 Å². The van der Waals surface area contributed by atoms with Gasteiger partial charge in [0, 0.05) is 5.69 Å². The number of fused-ring (bicyclic) bond motifs is 1. The van der Waals surface area contributed by atoms with E-state index >= 15 is 0 Å². The lowest BCUT2D eigenvalue weighted by Crippen LogP contribution is -2.63. The number of para-hydroxylation sites is 1. The first kappa shape index (κ1) is 23.2. The SMILES string of the molecule is Cc1nc2ccc(NC(=S)N[C@@H]3O[C@H](CO)[C@H](O)[C@H](O)[C@H]3O)cc2c(=O)n1-c1ccccc1. The van der Waals surface area contributed by atoms with Crippen LogP contribution in [0.15, 0.2) is 53.3 Å². The lowest BCUT2D eigenvalue weighted by atomic mass is 9.98. The molecule has 6 N–H and O–H groups in total. The summed E-state index contributed by atoms with van der Waals surface area (Å²) in [6, 6.07) is 14.2.